The fourth-order valence-electron chi connectivity index (χ4n) is 2.41. The number of hydrogen-bond donors (Lipinski definition) is 0. The number of amides is 1. The van der Waals surface area contributed by atoms with Crippen molar-refractivity contribution in [3.05, 3.63) is 23.9 Å². The SMILES string of the molecule is CCC(=O)N1CCC(COc2ccc(C(F)(F)F)cn2)CC1. The van der Waals surface area contributed by atoms with Crippen LogP contribution in [-0.2, 0) is 11.0 Å². The lowest BCUT2D eigenvalue weighted by molar-refractivity contribution is -0.138. The van der Waals surface area contributed by atoms with E-state index in [1.54, 1.807) is 0 Å². The van der Waals surface area contributed by atoms with Crippen molar-refractivity contribution < 1.29 is 22.7 Å². The molecule has 0 bridgehead atoms. The molecule has 122 valence electrons. The van der Waals surface area contributed by atoms with Gasteiger partial charge in [0.25, 0.3) is 0 Å². The van der Waals surface area contributed by atoms with Crippen LogP contribution in [0.4, 0.5) is 13.2 Å². The highest BCUT2D eigenvalue weighted by molar-refractivity contribution is 5.75. The Bertz CT molecular complexity index is 495. The van der Waals surface area contributed by atoms with Crippen LogP contribution in [0, 0.1) is 5.92 Å². The molecule has 1 aromatic heterocycles. The first kappa shape index (κ1) is 16.6. The van der Waals surface area contributed by atoms with Crippen molar-refractivity contribution >= 4 is 5.91 Å². The maximum absolute atomic E-state index is 12.4. The number of rotatable bonds is 4. The maximum atomic E-state index is 12.4. The molecular weight excluding hydrogens is 297 g/mol. The summed E-state index contributed by atoms with van der Waals surface area (Å²) < 4.78 is 42.7. The van der Waals surface area contributed by atoms with Gasteiger partial charge in [-0.15, -0.1) is 0 Å². The second-order valence-electron chi connectivity index (χ2n) is 5.37. The summed E-state index contributed by atoms with van der Waals surface area (Å²) in [5, 5.41) is 0. The van der Waals surface area contributed by atoms with Crippen molar-refractivity contribution in [3.63, 3.8) is 0 Å². The number of pyridine rings is 1. The van der Waals surface area contributed by atoms with Gasteiger partial charge in [0.2, 0.25) is 11.8 Å². The molecule has 1 fully saturated rings. The Labute approximate surface area is 127 Å². The fraction of sp³-hybridized carbons (Fsp3) is 0.600. The van der Waals surface area contributed by atoms with Gasteiger partial charge in [-0.3, -0.25) is 4.79 Å². The van der Waals surface area contributed by atoms with Gasteiger partial charge < -0.3 is 9.64 Å². The second kappa shape index (κ2) is 6.98. The van der Waals surface area contributed by atoms with Crippen LogP contribution in [0.3, 0.4) is 0 Å². The molecule has 1 aliphatic rings. The number of ether oxygens (including phenoxy) is 1. The van der Waals surface area contributed by atoms with Gasteiger partial charge in [0, 0.05) is 31.8 Å². The summed E-state index contributed by atoms with van der Waals surface area (Å²) in [6.45, 7) is 3.67. The number of aromatic nitrogens is 1. The van der Waals surface area contributed by atoms with Gasteiger partial charge in [-0.1, -0.05) is 6.92 Å². The van der Waals surface area contributed by atoms with Crippen molar-refractivity contribution in [1.29, 1.82) is 0 Å². The standard InChI is InChI=1S/C15H19F3N2O2/c1-2-14(21)20-7-5-11(6-8-20)10-22-13-4-3-12(9-19-13)15(16,17)18/h3-4,9,11H,2,5-8,10H2,1H3. The predicted molar refractivity (Wildman–Crippen MR) is 74.3 cm³/mol. The van der Waals surface area contributed by atoms with Crippen molar-refractivity contribution in [2.75, 3.05) is 19.7 Å². The number of carbonyl (C=O) groups excluding carboxylic acids is 1. The van der Waals surface area contributed by atoms with Crippen LogP contribution in [0.2, 0.25) is 0 Å². The first-order chi connectivity index (χ1) is 10.4. The fourth-order valence-corrected chi connectivity index (χ4v) is 2.41. The number of carbonyl (C=O) groups is 1. The summed E-state index contributed by atoms with van der Waals surface area (Å²) in [5.41, 5.74) is -0.786. The molecule has 0 unspecified atom stereocenters. The average Bonchev–Trinajstić information content (AvgIpc) is 2.52. The number of nitrogens with zero attached hydrogens (tertiary/aromatic N) is 2. The highest BCUT2D eigenvalue weighted by Gasteiger charge is 2.30. The van der Waals surface area contributed by atoms with E-state index >= 15 is 0 Å². The quantitative estimate of drug-likeness (QED) is 0.857. The van der Waals surface area contributed by atoms with Crippen LogP contribution in [0.25, 0.3) is 0 Å². The van der Waals surface area contributed by atoms with Crippen LogP contribution in [-0.4, -0.2) is 35.5 Å². The minimum Gasteiger partial charge on any atom is -0.477 e. The first-order valence-corrected chi connectivity index (χ1v) is 7.34. The molecular formula is C15H19F3N2O2. The molecule has 4 nitrogen and oxygen atoms in total. The third-order valence-corrected chi connectivity index (χ3v) is 3.80. The summed E-state index contributed by atoms with van der Waals surface area (Å²) in [6, 6.07) is 2.20. The number of halogens is 3. The average molecular weight is 316 g/mol. The molecule has 0 spiro atoms. The molecule has 22 heavy (non-hydrogen) atoms. The van der Waals surface area contributed by atoms with E-state index in [1.807, 2.05) is 11.8 Å². The number of piperidine rings is 1. The van der Waals surface area contributed by atoms with Gasteiger partial charge in [0.05, 0.1) is 12.2 Å². The number of likely N-dealkylation sites (tertiary alicyclic amines) is 1. The highest BCUT2D eigenvalue weighted by atomic mass is 19.4. The van der Waals surface area contributed by atoms with E-state index in [1.165, 1.54) is 6.07 Å². The van der Waals surface area contributed by atoms with Gasteiger partial charge in [0.15, 0.2) is 0 Å². The lowest BCUT2D eigenvalue weighted by atomic mass is 9.97. The minimum atomic E-state index is -4.38. The first-order valence-electron chi connectivity index (χ1n) is 7.34. The van der Waals surface area contributed by atoms with Gasteiger partial charge in [-0.25, -0.2) is 4.98 Å². The normalized spacial score (nSPS) is 16.6. The zero-order valence-electron chi connectivity index (χ0n) is 12.4. The molecule has 0 aliphatic carbocycles. The van der Waals surface area contributed by atoms with Crippen molar-refractivity contribution in [1.82, 2.24) is 9.88 Å². The van der Waals surface area contributed by atoms with E-state index < -0.39 is 11.7 Å². The van der Waals surface area contributed by atoms with Crippen LogP contribution in [0.5, 0.6) is 5.88 Å². The van der Waals surface area contributed by atoms with Crippen molar-refractivity contribution in [2.24, 2.45) is 5.92 Å². The van der Waals surface area contributed by atoms with Gasteiger partial charge in [-0.2, -0.15) is 13.2 Å². The molecule has 1 saturated heterocycles. The van der Waals surface area contributed by atoms with E-state index in [0.29, 0.717) is 32.0 Å². The van der Waals surface area contributed by atoms with E-state index in [0.717, 1.165) is 25.1 Å². The third-order valence-electron chi connectivity index (χ3n) is 3.80. The van der Waals surface area contributed by atoms with Gasteiger partial charge >= 0.3 is 6.18 Å². The maximum Gasteiger partial charge on any atom is 0.417 e. The zero-order chi connectivity index (χ0) is 16.2. The van der Waals surface area contributed by atoms with Gasteiger partial charge in [0.1, 0.15) is 0 Å². The molecule has 0 saturated carbocycles. The number of hydrogen-bond acceptors (Lipinski definition) is 3. The lowest BCUT2D eigenvalue weighted by Crippen LogP contribution is -2.39. The summed E-state index contributed by atoms with van der Waals surface area (Å²) in [7, 11) is 0. The van der Waals surface area contributed by atoms with E-state index in [9.17, 15) is 18.0 Å². The van der Waals surface area contributed by atoms with E-state index in [4.69, 9.17) is 4.74 Å². The van der Waals surface area contributed by atoms with Crippen LogP contribution in [0.15, 0.2) is 18.3 Å². The molecule has 1 aliphatic heterocycles. The van der Waals surface area contributed by atoms with Crippen LogP contribution in [0.1, 0.15) is 31.7 Å². The molecule has 0 atom stereocenters. The van der Waals surface area contributed by atoms with Gasteiger partial charge in [-0.05, 0) is 24.8 Å². The van der Waals surface area contributed by atoms with E-state index in [2.05, 4.69) is 4.98 Å². The Morgan fingerprint density at radius 3 is 2.55 bits per heavy atom. The highest BCUT2D eigenvalue weighted by Crippen LogP contribution is 2.29. The Hall–Kier alpha value is -1.79. The summed E-state index contributed by atoms with van der Waals surface area (Å²) in [5.74, 6) is 0.647. The second-order valence-corrected chi connectivity index (χ2v) is 5.37. The van der Waals surface area contributed by atoms with Crippen molar-refractivity contribution in [2.45, 2.75) is 32.4 Å². The predicted octanol–water partition coefficient (Wildman–Crippen LogP) is 3.13. The molecule has 7 heteroatoms. The summed E-state index contributed by atoms with van der Waals surface area (Å²) in [6.07, 6.45) is -1.42. The molecule has 0 aromatic carbocycles. The van der Waals surface area contributed by atoms with Crippen LogP contribution >= 0.6 is 0 Å². The lowest BCUT2D eigenvalue weighted by Gasteiger charge is -2.31. The molecule has 1 aromatic rings. The van der Waals surface area contributed by atoms with Crippen molar-refractivity contribution in [3.8, 4) is 5.88 Å². The zero-order valence-corrected chi connectivity index (χ0v) is 12.4. The Balaban J connectivity index is 1.78. The Morgan fingerprint density at radius 1 is 1.36 bits per heavy atom. The molecule has 1 amide bonds. The number of alkyl halides is 3. The molecule has 0 radical (unpaired) electrons. The summed E-state index contributed by atoms with van der Waals surface area (Å²) >= 11 is 0. The Kier molecular flexibility index (Phi) is 5.26. The molecule has 2 rings (SSSR count). The molecule has 0 N–H and O–H groups in total. The Morgan fingerprint density at radius 2 is 2.05 bits per heavy atom. The topological polar surface area (TPSA) is 42.4 Å². The third kappa shape index (κ3) is 4.35. The minimum absolute atomic E-state index is 0.156. The largest absolute Gasteiger partial charge is 0.477 e. The van der Waals surface area contributed by atoms with E-state index in [-0.39, 0.29) is 11.8 Å². The van der Waals surface area contributed by atoms with Crippen LogP contribution < -0.4 is 4.74 Å². The molecule has 2 heterocycles. The summed E-state index contributed by atoms with van der Waals surface area (Å²) in [4.78, 5) is 17.1. The monoisotopic (exact) mass is 316 g/mol. The smallest absolute Gasteiger partial charge is 0.417 e.